The Morgan fingerprint density at radius 2 is 2.19 bits per heavy atom. The molecule has 0 spiro atoms. The summed E-state index contributed by atoms with van der Waals surface area (Å²) in [6.07, 6.45) is 4.31. The first kappa shape index (κ1) is 17.2. The zero-order chi connectivity index (χ0) is 18.1. The van der Waals surface area contributed by atoms with Crippen molar-refractivity contribution in [1.82, 2.24) is 20.4 Å². The van der Waals surface area contributed by atoms with Crippen molar-refractivity contribution in [3.63, 3.8) is 0 Å². The highest BCUT2D eigenvalue weighted by atomic mass is 32.1. The van der Waals surface area contributed by atoms with E-state index in [0.29, 0.717) is 17.3 Å². The molecule has 1 aliphatic carbocycles. The van der Waals surface area contributed by atoms with Crippen LogP contribution in [-0.2, 0) is 11.3 Å². The van der Waals surface area contributed by atoms with Crippen LogP contribution in [-0.4, -0.2) is 40.0 Å². The lowest BCUT2D eigenvalue weighted by molar-refractivity contribution is -0.130. The number of hydrogen-bond acceptors (Lipinski definition) is 5. The quantitative estimate of drug-likeness (QED) is 0.719. The monoisotopic (exact) mass is 373 g/mol. The number of rotatable bonds is 6. The lowest BCUT2D eigenvalue weighted by Gasteiger charge is -2.23. The topological polar surface area (TPSA) is 104 Å². The third-order valence-electron chi connectivity index (χ3n) is 5.01. The van der Waals surface area contributed by atoms with E-state index < -0.39 is 0 Å². The van der Waals surface area contributed by atoms with Gasteiger partial charge in [-0.2, -0.15) is 5.10 Å². The number of likely N-dealkylation sites (tertiary alicyclic amines) is 1. The van der Waals surface area contributed by atoms with Crippen LogP contribution in [0.25, 0.3) is 0 Å². The molecule has 0 unspecified atom stereocenters. The number of carbonyl (C=O) groups excluding carboxylic acids is 2. The molecule has 1 aliphatic heterocycles. The van der Waals surface area contributed by atoms with Crippen molar-refractivity contribution in [2.45, 2.75) is 44.2 Å². The molecule has 2 aliphatic rings. The maximum absolute atomic E-state index is 12.4. The molecular weight excluding hydrogens is 350 g/mol. The zero-order valence-electron chi connectivity index (χ0n) is 14.5. The van der Waals surface area contributed by atoms with E-state index in [4.69, 9.17) is 5.73 Å². The highest BCUT2D eigenvalue weighted by Gasteiger charge is 2.30. The second-order valence-electron chi connectivity index (χ2n) is 6.93. The molecule has 1 atom stereocenters. The molecule has 0 aromatic carbocycles. The van der Waals surface area contributed by atoms with Crippen LogP contribution in [0.15, 0.2) is 18.2 Å². The molecule has 4 N–H and O–H groups in total. The minimum absolute atomic E-state index is 0.0300. The van der Waals surface area contributed by atoms with E-state index in [0.717, 1.165) is 35.7 Å². The van der Waals surface area contributed by atoms with E-state index in [1.807, 2.05) is 23.1 Å². The number of aromatic amines is 1. The molecule has 2 aromatic heterocycles. The molecule has 26 heavy (non-hydrogen) atoms. The molecule has 138 valence electrons. The Hall–Kier alpha value is -2.19. The first-order valence-electron chi connectivity index (χ1n) is 9.07. The van der Waals surface area contributed by atoms with Gasteiger partial charge in [0.15, 0.2) is 0 Å². The minimum atomic E-state index is -0.0986. The van der Waals surface area contributed by atoms with Gasteiger partial charge < -0.3 is 16.0 Å². The number of hydrogen-bond donors (Lipinski definition) is 3. The number of nitrogens with zero attached hydrogens (tertiary/aromatic N) is 2. The Labute approximate surface area is 156 Å². The highest BCUT2D eigenvalue weighted by molar-refractivity contribution is 7.14. The lowest BCUT2D eigenvalue weighted by atomic mass is 10.2. The van der Waals surface area contributed by atoms with Crippen molar-refractivity contribution < 1.29 is 9.59 Å². The second-order valence-corrected chi connectivity index (χ2v) is 8.04. The van der Waals surface area contributed by atoms with Gasteiger partial charge in [0.25, 0.3) is 5.91 Å². The fraction of sp³-hybridized carbons (Fsp3) is 0.500. The molecule has 1 saturated carbocycles. The first-order valence-corrected chi connectivity index (χ1v) is 9.89. The van der Waals surface area contributed by atoms with Crippen LogP contribution >= 0.6 is 11.3 Å². The molecule has 1 saturated heterocycles. The summed E-state index contributed by atoms with van der Waals surface area (Å²) in [6, 6.07) is 5.87. The lowest BCUT2D eigenvalue weighted by Crippen LogP contribution is -2.35. The first-order chi connectivity index (χ1) is 12.7. The van der Waals surface area contributed by atoms with E-state index >= 15 is 0 Å². The van der Waals surface area contributed by atoms with Gasteiger partial charge in [-0.3, -0.25) is 14.7 Å². The number of amides is 2. The number of carbonyl (C=O) groups is 2. The molecule has 4 rings (SSSR count). The Kier molecular flexibility index (Phi) is 4.78. The maximum Gasteiger partial charge on any atom is 0.261 e. The van der Waals surface area contributed by atoms with E-state index in [-0.39, 0.29) is 24.4 Å². The largest absolute Gasteiger partial charge is 0.346 e. The van der Waals surface area contributed by atoms with Gasteiger partial charge in [0.1, 0.15) is 0 Å². The van der Waals surface area contributed by atoms with E-state index in [9.17, 15) is 9.59 Å². The number of nitrogens with one attached hydrogen (secondary N) is 2. The summed E-state index contributed by atoms with van der Waals surface area (Å²) in [5.74, 6) is 0.470. The molecule has 2 amide bonds. The van der Waals surface area contributed by atoms with Gasteiger partial charge in [0.2, 0.25) is 5.91 Å². The smallest absolute Gasteiger partial charge is 0.261 e. The Morgan fingerprint density at radius 1 is 1.35 bits per heavy atom. The molecule has 2 fully saturated rings. The summed E-state index contributed by atoms with van der Waals surface area (Å²) >= 11 is 1.45. The minimum Gasteiger partial charge on any atom is -0.346 e. The zero-order valence-corrected chi connectivity index (χ0v) is 15.3. The number of thiophene rings is 1. The van der Waals surface area contributed by atoms with Crippen molar-refractivity contribution >= 4 is 23.2 Å². The van der Waals surface area contributed by atoms with Crippen LogP contribution in [0.1, 0.15) is 63.6 Å². The molecule has 2 aromatic rings. The molecule has 3 heterocycles. The average Bonchev–Trinajstić information content (AvgIpc) is 3.10. The SMILES string of the molecule is NCC(=O)N1CCC[C@@H]1c1ccc(C(=O)NCc2cc(C3CC3)n[nH]2)s1. The summed E-state index contributed by atoms with van der Waals surface area (Å²) in [7, 11) is 0. The summed E-state index contributed by atoms with van der Waals surface area (Å²) in [5.41, 5.74) is 7.52. The number of nitrogens with two attached hydrogens (primary N) is 1. The van der Waals surface area contributed by atoms with Gasteiger partial charge in [0.05, 0.1) is 35.4 Å². The number of aromatic nitrogens is 2. The Balaban J connectivity index is 1.37. The van der Waals surface area contributed by atoms with E-state index in [2.05, 4.69) is 15.5 Å². The predicted molar refractivity (Wildman–Crippen MR) is 98.8 cm³/mol. The summed E-state index contributed by atoms with van der Waals surface area (Å²) < 4.78 is 0. The maximum atomic E-state index is 12.4. The van der Waals surface area contributed by atoms with Crippen molar-refractivity contribution in [3.05, 3.63) is 39.3 Å². The molecule has 8 heteroatoms. The van der Waals surface area contributed by atoms with Crippen LogP contribution in [0.3, 0.4) is 0 Å². The van der Waals surface area contributed by atoms with Crippen LogP contribution < -0.4 is 11.1 Å². The van der Waals surface area contributed by atoms with Crippen LogP contribution in [0, 0.1) is 0 Å². The summed E-state index contributed by atoms with van der Waals surface area (Å²) in [6.45, 7) is 1.21. The number of H-pyrrole nitrogens is 1. The Bertz CT molecular complexity index is 810. The van der Waals surface area contributed by atoms with Crippen molar-refractivity contribution in [2.24, 2.45) is 5.73 Å². The van der Waals surface area contributed by atoms with Gasteiger partial charge in [-0.1, -0.05) is 0 Å². The van der Waals surface area contributed by atoms with Gasteiger partial charge in [-0.05, 0) is 43.9 Å². The van der Waals surface area contributed by atoms with Gasteiger partial charge >= 0.3 is 0 Å². The van der Waals surface area contributed by atoms with Gasteiger partial charge in [-0.25, -0.2) is 0 Å². The van der Waals surface area contributed by atoms with Crippen molar-refractivity contribution in [1.29, 1.82) is 0 Å². The van der Waals surface area contributed by atoms with Crippen molar-refractivity contribution in [2.75, 3.05) is 13.1 Å². The predicted octanol–water partition coefficient (Wildman–Crippen LogP) is 1.90. The Morgan fingerprint density at radius 3 is 2.96 bits per heavy atom. The molecule has 7 nitrogen and oxygen atoms in total. The third kappa shape index (κ3) is 3.52. The second kappa shape index (κ2) is 7.20. The fourth-order valence-electron chi connectivity index (χ4n) is 3.45. The van der Waals surface area contributed by atoms with Crippen LogP contribution in [0.4, 0.5) is 0 Å². The normalized spacial score (nSPS) is 19.7. The standard InChI is InChI=1S/C18H23N5O2S/c19-9-17(24)23-7-1-2-14(23)15-5-6-16(26-15)18(25)20-10-12-8-13(22-21-12)11-3-4-11/h5-6,8,11,14H,1-4,7,9-10,19H2,(H,20,25)(H,21,22)/t14-/m1/s1. The van der Waals surface area contributed by atoms with Crippen molar-refractivity contribution in [3.8, 4) is 0 Å². The fourth-order valence-corrected chi connectivity index (χ4v) is 4.53. The summed E-state index contributed by atoms with van der Waals surface area (Å²) in [5, 5.41) is 10.2. The molecular formula is C18H23N5O2S. The van der Waals surface area contributed by atoms with Gasteiger partial charge in [-0.15, -0.1) is 11.3 Å². The van der Waals surface area contributed by atoms with E-state index in [1.54, 1.807) is 0 Å². The van der Waals surface area contributed by atoms with Gasteiger partial charge in [0, 0.05) is 17.3 Å². The third-order valence-corrected chi connectivity index (χ3v) is 6.20. The van der Waals surface area contributed by atoms with Crippen LogP contribution in [0.2, 0.25) is 0 Å². The average molecular weight is 373 g/mol. The van der Waals surface area contributed by atoms with Crippen LogP contribution in [0.5, 0.6) is 0 Å². The summed E-state index contributed by atoms with van der Waals surface area (Å²) in [4.78, 5) is 27.9. The molecule has 0 radical (unpaired) electrons. The molecule has 0 bridgehead atoms. The highest BCUT2D eigenvalue weighted by Crippen LogP contribution is 2.39. The van der Waals surface area contributed by atoms with E-state index in [1.165, 1.54) is 24.2 Å².